The number of unbranched alkanes of at least 4 members (excludes halogenated alkanes) is 3. The van der Waals surface area contributed by atoms with Crippen LogP contribution in [0.4, 0.5) is 0 Å². The molecule has 0 saturated carbocycles. The van der Waals surface area contributed by atoms with Gasteiger partial charge < -0.3 is 0 Å². The van der Waals surface area contributed by atoms with Gasteiger partial charge in [0.25, 0.3) is 5.56 Å². The molecule has 3 nitrogen and oxygen atoms in total. The minimum Gasteiger partial charge on any atom is -0.268 e. The molecule has 0 atom stereocenters. The Bertz CT molecular complexity index is 913. The van der Waals surface area contributed by atoms with Gasteiger partial charge in [-0.05, 0) is 38.0 Å². The van der Waals surface area contributed by atoms with Gasteiger partial charge in [0.15, 0.2) is 5.16 Å². The van der Waals surface area contributed by atoms with Gasteiger partial charge in [0.1, 0.15) is 4.83 Å². The van der Waals surface area contributed by atoms with Crippen molar-refractivity contribution >= 4 is 33.3 Å². The highest BCUT2D eigenvalue weighted by Gasteiger charge is 2.17. The molecule has 0 N–H and O–H groups in total. The van der Waals surface area contributed by atoms with Crippen molar-refractivity contribution in [1.82, 2.24) is 9.55 Å². The van der Waals surface area contributed by atoms with Crippen molar-refractivity contribution in [2.75, 3.05) is 5.75 Å². The Labute approximate surface area is 157 Å². The third kappa shape index (κ3) is 3.82. The molecule has 5 heteroatoms. The second kappa shape index (κ2) is 8.19. The summed E-state index contributed by atoms with van der Waals surface area (Å²) in [5.74, 6) is 0.994. The number of fused-ring (bicyclic) bond motifs is 1. The molecular formula is C20H24N2OS2. The fraction of sp³-hybridized carbons (Fsp3) is 0.400. The molecule has 25 heavy (non-hydrogen) atoms. The Morgan fingerprint density at radius 2 is 1.88 bits per heavy atom. The second-order valence-corrected chi connectivity index (χ2v) is 8.51. The lowest BCUT2D eigenvalue weighted by Gasteiger charge is -2.12. The third-order valence-corrected chi connectivity index (χ3v) is 6.54. The van der Waals surface area contributed by atoms with E-state index in [4.69, 9.17) is 4.98 Å². The second-order valence-electron chi connectivity index (χ2n) is 6.24. The summed E-state index contributed by atoms with van der Waals surface area (Å²) in [6, 6.07) is 9.86. The number of aryl methyl sites for hydroxylation is 2. The van der Waals surface area contributed by atoms with Gasteiger partial charge in [0.05, 0.1) is 11.1 Å². The monoisotopic (exact) mass is 372 g/mol. The Balaban J connectivity index is 2.06. The number of hydrogen-bond donors (Lipinski definition) is 0. The SMILES string of the molecule is CCCCCCSc1nc2sc(C)c(C)c2c(=O)n1-c1ccccc1. The first-order valence-electron chi connectivity index (χ1n) is 8.84. The van der Waals surface area contributed by atoms with E-state index < -0.39 is 0 Å². The van der Waals surface area contributed by atoms with E-state index in [0.29, 0.717) is 0 Å². The van der Waals surface area contributed by atoms with Gasteiger partial charge in [-0.1, -0.05) is 56.1 Å². The lowest BCUT2D eigenvalue weighted by atomic mass is 10.2. The van der Waals surface area contributed by atoms with Crippen molar-refractivity contribution in [3.63, 3.8) is 0 Å². The molecule has 2 aromatic heterocycles. The Morgan fingerprint density at radius 1 is 1.12 bits per heavy atom. The third-order valence-electron chi connectivity index (χ3n) is 4.42. The van der Waals surface area contributed by atoms with Gasteiger partial charge in [-0.15, -0.1) is 11.3 Å². The summed E-state index contributed by atoms with van der Waals surface area (Å²) >= 11 is 3.32. The Morgan fingerprint density at radius 3 is 2.60 bits per heavy atom. The summed E-state index contributed by atoms with van der Waals surface area (Å²) in [6.45, 7) is 6.30. The fourth-order valence-corrected chi connectivity index (χ4v) is 4.95. The molecule has 0 bridgehead atoms. The maximum absolute atomic E-state index is 13.2. The average Bonchev–Trinajstić information content (AvgIpc) is 2.90. The normalized spacial score (nSPS) is 11.3. The Kier molecular flexibility index (Phi) is 5.97. The van der Waals surface area contributed by atoms with E-state index in [0.717, 1.165) is 38.8 Å². The van der Waals surface area contributed by atoms with E-state index in [9.17, 15) is 4.79 Å². The highest BCUT2D eigenvalue weighted by atomic mass is 32.2. The molecule has 1 aromatic carbocycles. The van der Waals surface area contributed by atoms with Crippen LogP contribution in [-0.2, 0) is 0 Å². The van der Waals surface area contributed by atoms with Gasteiger partial charge in [0.2, 0.25) is 0 Å². The molecule has 0 radical (unpaired) electrons. The predicted molar refractivity (Wildman–Crippen MR) is 110 cm³/mol. The number of para-hydroxylation sites is 1. The summed E-state index contributed by atoms with van der Waals surface area (Å²) in [7, 11) is 0. The van der Waals surface area contributed by atoms with Gasteiger partial charge in [0, 0.05) is 10.6 Å². The highest BCUT2D eigenvalue weighted by Crippen LogP contribution is 2.29. The van der Waals surface area contributed by atoms with Crippen molar-refractivity contribution in [2.45, 2.75) is 51.6 Å². The molecule has 2 heterocycles. The zero-order valence-corrected chi connectivity index (χ0v) is 16.7. The summed E-state index contributed by atoms with van der Waals surface area (Å²) in [5, 5.41) is 1.57. The van der Waals surface area contributed by atoms with Crippen molar-refractivity contribution in [3.8, 4) is 5.69 Å². The maximum Gasteiger partial charge on any atom is 0.267 e. The predicted octanol–water partition coefficient (Wildman–Crippen LogP) is 5.74. The van der Waals surface area contributed by atoms with Gasteiger partial charge in [-0.3, -0.25) is 9.36 Å². The molecule has 0 spiro atoms. The van der Waals surface area contributed by atoms with Crippen LogP contribution < -0.4 is 5.56 Å². The summed E-state index contributed by atoms with van der Waals surface area (Å²) < 4.78 is 1.78. The maximum atomic E-state index is 13.2. The minimum absolute atomic E-state index is 0.0501. The van der Waals surface area contributed by atoms with Crippen LogP contribution in [0.1, 0.15) is 43.0 Å². The summed E-state index contributed by atoms with van der Waals surface area (Å²) in [6.07, 6.45) is 4.89. The fourth-order valence-electron chi connectivity index (χ4n) is 2.87. The molecule has 0 aliphatic heterocycles. The van der Waals surface area contributed by atoms with Gasteiger partial charge >= 0.3 is 0 Å². The summed E-state index contributed by atoms with van der Waals surface area (Å²) in [5.41, 5.74) is 2.00. The number of hydrogen-bond acceptors (Lipinski definition) is 4. The largest absolute Gasteiger partial charge is 0.268 e. The number of rotatable bonds is 7. The van der Waals surface area contributed by atoms with Crippen molar-refractivity contribution in [1.29, 1.82) is 0 Å². The quantitative estimate of drug-likeness (QED) is 0.301. The first-order valence-corrected chi connectivity index (χ1v) is 10.6. The van der Waals surface area contributed by atoms with Gasteiger partial charge in [-0.2, -0.15) is 0 Å². The van der Waals surface area contributed by atoms with Crippen LogP contribution in [-0.4, -0.2) is 15.3 Å². The number of aromatic nitrogens is 2. The zero-order valence-electron chi connectivity index (χ0n) is 15.0. The number of benzene rings is 1. The molecule has 0 saturated heterocycles. The van der Waals surface area contributed by atoms with E-state index >= 15 is 0 Å². The molecule has 0 aliphatic carbocycles. The zero-order chi connectivity index (χ0) is 17.8. The molecular weight excluding hydrogens is 348 g/mol. The van der Waals surface area contributed by atoms with Crippen LogP contribution in [0.25, 0.3) is 15.9 Å². The minimum atomic E-state index is 0.0501. The molecule has 3 rings (SSSR count). The van der Waals surface area contributed by atoms with Crippen LogP contribution in [0.5, 0.6) is 0 Å². The molecule has 132 valence electrons. The van der Waals surface area contributed by atoms with E-state index in [2.05, 4.69) is 13.8 Å². The molecule has 3 aromatic rings. The highest BCUT2D eigenvalue weighted by molar-refractivity contribution is 7.99. The van der Waals surface area contributed by atoms with E-state index in [1.807, 2.05) is 37.3 Å². The molecule has 0 aliphatic rings. The van der Waals surface area contributed by atoms with Crippen LogP contribution in [0.3, 0.4) is 0 Å². The average molecular weight is 373 g/mol. The number of thioether (sulfide) groups is 1. The molecule has 0 amide bonds. The molecule has 0 unspecified atom stereocenters. The topological polar surface area (TPSA) is 34.9 Å². The lowest BCUT2D eigenvalue weighted by Crippen LogP contribution is -2.21. The molecule has 0 fully saturated rings. The summed E-state index contributed by atoms with van der Waals surface area (Å²) in [4.78, 5) is 20.1. The lowest BCUT2D eigenvalue weighted by molar-refractivity contribution is 0.705. The van der Waals surface area contributed by atoms with Crippen LogP contribution in [0, 0.1) is 13.8 Å². The smallest absolute Gasteiger partial charge is 0.267 e. The Hall–Kier alpha value is -1.59. The van der Waals surface area contributed by atoms with Gasteiger partial charge in [-0.25, -0.2) is 4.98 Å². The number of nitrogens with zero attached hydrogens (tertiary/aromatic N) is 2. The van der Waals surface area contributed by atoms with E-state index in [1.54, 1.807) is 27.7 Å². The van der Waals surface area contributed by atoms with Crippen molar-refractivity contribution in [3.05, 3.63) is 51.1 Å². The first kappa shape index (κ1) is 18.2. The first-order chi connectivity index (χ1) is 12.1. The standard InChI is InChI=1S/C20H24N2OS2/c1-4-5-6-10-13-24-20-21-18-17(14(2)15(3)25-18)19(23)22(20)16-11-8-7-9-12-16/h7-9,11-12H,4-6,10,13H2,1-3H3. The van der Waals surface area contributed by atoms with Crippen molar-refractivity contribution < 1.29 is 0 Å². The van der Waals surface area contributed by atoms with Crippen LogP contribution in [0.15, 0.2) is 40.3 Å². The number of thiophene rings is 1. The van der Waals surface area contributed by atoms with E-state index in [-0.39, 0.29) is 5.56 Å². The van der Waals surface area contributed by atoms with E-state index in [1.165, 1.54) is 24.1 Å². The van der Waals surface area contributed by atoms with Crippen LogP contribution in [0.2, 0.25) is 0 Å². The van der Waals surface area contributed by atoms with Crippen LogP contribution >= 0.6 is 23.1 Å². The van der Waals surface area contributed by atoms with Crippen molar-refractivity contribution in [2.24, 2.45) is 0 Å².